The van der Waals surface area contributed by atoms with E-state index < -0.39 is 0 Å². The maximum absolute atomic E-state index is 11.3. The molecular weight excluding hydrogens is 166 g/mol. The normalized spacial score (nSPS) is 34.4. The number of nitrogens with two attached hydrogens (primary N) is 1. The highest BCUT2D eigenvalue weighted by molar-refractivity contribution is 5.77. The van der Waals surface area contributed by atoms with E-state index in [1.807, 2.05) is 0 Å². The molecule has 2 saturated heterocycles. The fourth-order valence-electron chi connectivity index (χ4n) is 2.49. The van der Waals surface area contributed by atoms with Gasteiger partial charge in [-0.1, -0.05) is 0 Å². The van der Waals surface area contributed by atoms with Crippen LogP contribution in [0.25, 0.3) is 0 Å². The summed E-state index contributed by atoms with van der Waals surface area (Å²) in [6, 6.07) is 0.996. The Labute approximate surface area is 78.5 Å². The molecule has 2 unspecified atom stereocenters. The van der Waals surface area contributed by atoms with Gasteiger partial charge in [-0.3, -0.25) is 9.69 Å². The summed E-state index contributed by atoms with van der Waals surface area (Å²) in [6.45, 7) is 2.45. The predicted octanol–water partition coefficient (Wildman–Crippen LogP) is -0.702. The van der Waals surface area contributed by atoms with Crippen molar-refractivity contribution in [3.63, 3.8) is 0 Å². The van der Waals surface area contributed by atoms with Gasteiger partial charge >= 0.3 is 0 Å². The first-order valence-corrected chi connectivity index (χ1v) is 5.04. The highest BCUT2D eigenvalue weighted by atomic mass is 16.1. The zero-order chi connectivity index (χ0) is 9.26. The van der Waals surface area contributed by atoms with Crippen LogP contribution < -0.4 is 11.1 Å². The summed E-state index contributed by atoms with van der Waals surface area (Å²) in [7, 11) is 0. The number of fused-ring (bicyclic) bond motifs is 2. The lowest BCUT2D eigenvalue weighted by Gasteiger charge is -2.25. The average Bonchev–Trinajstić information content (AvgIpc) is 2.37. The minimum atomic E-state index is 0.203. The van der Waals surface area contributed by atoms with Crippen LogP contribution in [0.15, 0.2) is 0 Å². The third-order valence-corrected chi connectivity index (χ3v) is 3.11. The van der Waals surface area contributed by atoms with Crippen molar-refractivity contribution >= 4 is 5.91 Å². The number of rotatable bonds is 2. The molecule has 2 aliphatic heterocycles. The van der Waals surface area contributed by atoms with E-state index in [-0.39, 0.29) is 5.91 Å². The number of hydrogen-bond acceptors (Lipinski definition) is 3. The molecule has 13 heavy (non-hydrogen) atoms. The Balaban J connectivity index is 2.06. The van der Waals surface area contributed by atoms with Crippen molar-refractivity contribution in [1.82, 2.24) is 10.2 Å². The van der Waals surface area contributed by atoms with Crippen LogP contribution in [0.2, 0.25) is 0 Å². The molecule has 2 rings (SSSR count). The van der Waals surface area contributed by atoms with Crippen LogP contribution in [0.3, 0.4) is 0 Å². The molecule has 2 atom stereocenters. The summed E-state index contributed by atoms with van der Waals surface area (Å²) in [5.41, 5.74) is 5.55. The molecule has 2 heterocycles. The molecule has 0 spiro atoms. The molecule has 3 N–H and O–H groups in total. The molecule has 0 aromatic carbocycles. The van der Waals surface area contributed by atoms with Gasteiger partial charge in [-0.25, -0.2) is 0 Å². The Kier molecular flexibility index (Phi) is 2.51. The molecule has 4 nitrogen and oxygen atoms in total. The van der Waals surface area contributed by atoms with Gasteiger partial charge in [0.1, 0.15) is 0 Å². The van der Waals surface area contributed by atoms with Gasteiger partial charge in [0.2, 0.25) is 5.91 Å². The third-order valence-electron chi connectivity index (χ3n) is 3.11. The van der Waals surface area contributed by atoms with Crippen molar-refractivity contribution in [3.05, 3.63) is 0 Å². The van der Waals surface area contributed by atoms with Gasteiger partial charge in [0.05, 0.1) is 0 Å². The van der Waals surface area contributed by atoms with Crippen molar-refractivity contribution in [2.24, 2.45) is 5.73 Å². The number of nitrogens with one attached hydrogen (secondary N) is 1. The molecule has 4 heteroatoms. The minimum absolute atomic E-state index is 0.203. The summed E-state index contributed by atoms with van der Waals surface area (Å²) in [5.74, 6) is 0.203. The van der Waals surface area contributed by atoms with Crippen LogP contribution in [0.4, 0.5) is 0 Å². The van der Waals surface area contributed by atoms with Crippen LogP contribution in [-0.2, 0) is 4.79 Å². The second-order valence-corrected chi connectivity index (χ2v) is 3.92. The zero-order valence-corrected chi connectivity index (χ0v) is 7.83. The fourth-order valence-corrected chi connectivity index (χ4v) is 2.49. The van der Waals surface area contributed by atoms with E-state index in [1.54, 1.807) is 0 Å². The number of carbonyl (C=O) groups is 1. The molecule has 0 aliphatic carbocycles. The van der Waals surface area contributed by atoms with Crippen LogP contribution in [0, 0.1) is 0 Å². The highest BCUT2D eigenvalue weighted by Crippen LogP contribution is 2.27. The van der Waals surface area contributed by atoms with Crippen molar-refractivity contribution in [2.45, 2.75) is 31.3 Å². The standard InChI is InChI=1S/C9H17N3O/c10-3-4-12-7-1-2-8(12)6-11-9(13)5-7/h7-8H,1-6,10H2,(H,11,13). The first kappa shape index (κ1) is 8.97. The molecule has 74 valence electrons. The first-order valence-electron chi connectivity index (χ1n) is 5.04. The molecule has 2 aliphatic rings. The fraction of sp³-hybridized carbons (Fsp3) is 0.889. The van der Waals surface area contributed by atoms with Gasteiger partial charge in [-0.15, -0.1) is 0 Å². The van der Waals surface area contributed by atoms with Gasteiger partial charge in [-0.2, -0.15) is 0 Å². The molecule has 0 radical (unpaired) electrons. The van der Waals surface area contributed by atoms with Gasteiger partial charge in [0.25, 0.3) is 0 Å². The summed E-state index contributed by atoms with van der Waals surface area (Å²) in [6.07, 6.45) is 3.04. The number of nitrogens with zero attached hydrogens (tertiary/aromatic N) is 1. The minimum Gasteiger partial charge on any atom is -0.354 e. The van der Waals surface area contributed by atoms with Crippen molar-refractivity contribution < 1.29 is 4.79 Å². The van der Waals surface area contributed by atoms with E-state index >= 15 is 0 Å². The molecule has 2 fully saturated rings. The van der Waals surface area contributed by atoms with Crippen molar-refractivity contribution in [1.29, 1.82) is 0 Å². The second kappa shape index (κ2) is 3.64. The van der Waals surface area contributed by atoms with Gasteiger partial charge < -0.3 is 11.1 Å². The van der Waals surface area contributed by atoms with E-state index in [0.29, 0.717) is 25.0 Å². The maximum atomic E-state index is 11.3. The number of amides is 1. The smallest absolute Gasteiger partial charge is 0.221 e. The summed E-state index contributed by atoms with van der Waals surface area (Å²) in [4.78, 5) is 13.7. The SMILES string of the molecule is NCCN1C2CCC1CC(=O)NC2. The highest BCUT2D eigenvalue weighted by Gasteiger charge is 2.36. The summed E-state index contributed by atoms with van der Waals surface area (Å²) >= 11 is 0. The Morgan fingerprint density at radius 1 is 1.46 bits per heavy atom. The predicted molar refractivity (Wildman–Crippen MR) is 50.2 cm³/mol. The molecular formula is C9H17N3O. The Bertz CT molecular complexity index is 207. The number of hydrogen-bond donors (Lipinski definition) is 2. The monoisotopic (exact) mass is 183 g/mol. The third kappa shape index (κ3) is 1.69. The Morgan fingerprint density at radius 2 is 2.23 bits per heavy atom. The van der Waals surface area contributed by atoms with E-state index in [0.717, 1.165) is 19.5 Å². The molecule has 0 aromatic rings. The average molecular weight is 183 g/mol. The van der Waals surface area contributed by atoms with Crippen molar-refractivity contribution in [3.8, 4) is 0 Å². The van der Waals surface area contributed by atoms with Crippen LogP contribution >= 0.6 is 0 Å². The maximum Gasteiger partial charge on any atom is 0.221 e. The van der Waals surface area contributed by atoms with Crippen LogP contribution in [-0.4, -0.2) is 42.5 Å². The lowest BCUT2D eigenvalue weighted by atomic mass is 10.1. The quantitative estimate of drug-likeness (QED) is 0.595. The van der Waals surface area contributed by atoms with E-state index in [9.17, 15) is 4.79 Å². The van der Waals surface area contributed by atoms with E-state index in [4.69, 9.17) is 5.73 Å². The van der Waals surface area contributed by atoms with E-state index in [2.05, 4.69) is 10.2 Å². The first-order chi connectivity index (χ1) is 6.31. The van der Waals surface area contributed by atoms with Gasteiger partial charge in [0.15, 0.2) is 0 Å². The Hall–Kier alpha value is -0.610. The zero-order valence-electron chi connectivity index (χ0n) is 7.83. The topological polar surface area (TPSA) is 58.4 Å². The van der Waals surface area contributed by atoms with Crippen LogP contribution in [0.5, 0.6) is 0 Å². The molecule has 0 saturated carbocycles. The largest absolute Gasteiger partial charge is 0.354 e. The van der Waals surface area contributed by atoms with Gasteiger partial charge in [0, 0.05) is 38.1 Å². The summed E-state index contributed by atoms with van der Waals surface area (Å²) < 4.78 is 0. The lowest BCUT2D eigenvalue weighted by molar-refractivity contribution is -0.121. The summed E-state index contributed by atoms with van der Waals surface area (Å²) in [5, 5.41) is 2.94. The van der Waals surface area contributed by atoms with Crippen molar-refractivity contribution in [2.75, 3.05) is 19.6 Å². The van der Waals surface area contributed by atoms with E-state index in [1.165, 1.54) is 6.42 Å². The van der Waals surface area contributed by atoms with Crippen LogP contribution in [0.1, 0.15) is 19.3 Å². The number of carbonyl (C=O) groups excluding carboxylic acids is 1. The lowest BCUT2D eigenvalue weighted by Crippen LogP contribution is -2.40. The molecule has 0 aromatic heterocycles. The Morgan fingerprint density at radius 3 is 3.00 bits per heavy atom. The molecule has 2 bridgehead atoms. The van der Waals surface area contributed by atoms with Gasteiger partial charge in [-0.05, 0) is 12.8 Å². The second-order valence-electron chi connectivity index (χ2n) is 3.92. The molecule has 1 amide bonds.